The van der Waals surface area contributed by atoms with Crippen LogP contribution >= 0.6 is 0 Å². The summed E-state index contributed by atoms with van der Waals surface area (Å²) in [6.45, 7) is 5.29. The minimum atomic E-state index is -0.0625. The van der Waals surface area contributed by atoms with E-state index in [1.807, 2.05) is 35.1 Å². The van der Waals surface area contributed by atoms with Gasteiger partial charge in [0.15, 0.2) is 0 Å². The zero-order chi connectivity index (χ0) is 18.6. The molecule has 0 bridgehead atoms. The number of ether oxygens (including phenoxy) is 2. The number of hydrogen-bond acceptors (Lipinski definition) is 4. The summed E-state index contributed by atoms with van der Waals surface area (Å²) in [5.41, 5.74) is 4.58. The van der Waals surface area contributed by atoms with Crippen LogP contribution in [0.2, 0.25) is 0 Å². The SMILES string of the molecule is COc1cccc2c1[C@H]1Nc3ccc(-n4cccn4)cc3C(C)(C)[C@H]1CO2. The maximum Gasteiger partial charge on any atom is 0.128 e. The molecule has 0 fully saturated rings. The van der Waals surface area contributed by atoms with Crippen LogP contribution in [0.1, 0.15) is 31.0 Å². The normalized spacial score (nSPS) is 21.9. The van der Waals surface area contributed by atoms with Crippen molar-refractivity contribution in [1.82, 2.24) is 9.78 Å². The standard InChI is InChI=1S/C22H23N3O2/c1-22(2)15-12-14(25-11-5-10-23-25)8-9-17(15)24-21-16(22)13-27-19-7-4-6-18(26-3)20(19)21/h4-12,16,21,24H,13H2,1-3H3/t16-,21-/m0/s1. The largest absolute Gasteiger partial charge is 0.496 e. The fraction of sp³-hybridized carbons (Fsp3) is 0.318. The number of fused-ring (bicyclic) bond motifs is 4. The summed E-state index contributed by atoms with van der Waals surface area (Å²) < 4.78 is 13.7. The van der Waals surface area contributed by atoms with Gasteiger partial charge in [-0.1, -0.05) is 19.9 Å². The molecule has 138 valence electrons. The molecule has 0 amide bonds. The average molecular weight is 361 g/mol. The van der Waals surface area contributed by atoms with Gasteiger partial charge in [0.25, 0.3) is 0 Å². The lowest BCUT2D eigenvalue weighted by Gasteiger charge is -2.48. The molecule has 1 aromatic heterocycles. The van der Waals surface area contributed by atoms with E-state index in [1.165, 1.54) is 5.56 Å². The molecular formula is C22H23N3O2. The van der Waals surface area contributed by atoms with Gasteiger partial charge in [-0.3, -0.25) is 0 Å². The molecule has 0 saturated heterocycles. The number of nitrogens with zero attached hydrogens (tertiary/aromatic N) is 2. The number of anilines is 1. The van der Waals surface area contributed by atoms with Crippen LogP contribution in [-0.2, 0) is 5.41 Å². The van der Waals surface area contributed by atoms with E-state index in [4.69, 9.17) is 9.47 Å². The highest BCUT2D eigenvalue weighted by molar-refractivity contribution is 5.65. The molecule has 0 radical (unpaired) electrons. The van der Waals surface area contributed by atoms with E-state index in [-0.39, 0.29) is 11.5 Å². The lowest BCUT2D eigenvalue weighted by atomic mass is 9.65. The number of nitrogens with one attached hydrogen (secondary N) is 1. The predicted octanol–water partition coefficient (Wildman–Crippen LogP) is 4.33. The van der Waals surface area contributed by atoms with Gasteiger partial charge in [0, 0.05) is 29.4 Å². The Hall–Kier alpha value is -2.95. The molecular weight excluding hydrogens is 338 g/mol. The monoisotopic (exact) mass is 361 g/mol. The Morgan fingerprint density at radius 2 is 2.11 bits per heavy atom. The van der Waals surface area contributed by atoms with Crippen LogP contribution in [0.3, 0.4) is 0 Å². The van der Waals surface area contributed by atoms with E-state index in [9.17, 15) is 0 Å². The molecule has 0 saturated carbocycles. The van der Waals surface area contributed by atoms with Crippen molar-refractivity contribution in [2.45, 2.75) is 25.3 Å². The van der Waals surface area contributed by atoms with Crippen LogP contribution in [0, 0.1) is 5.92 Å². The molecule has 5 rings (SSSR count). The lowest BCUT2D eigenvalue weighted by molar-refractivity contribution is 0.133. The van der Waals surface area contributed by atoms with Crippen LogP contribution in [0.5, 0.6) is 11.5 Å². The number of methoxy groups -OCH3 is 1. The molecule has 1 N–H and O–H groups in total. The van der Waals surface area contributed by atoms with E-state index in [0.717, 1.165) is 28.4 Å². The summed E-state index contributed by atoms with van der Waals surface area (Å²) in [5, 5.41) is 8.14. The molecule has 0 spiro atoms. The zero-order valence-electron chi connectivity index (χ0n) is 15.8. The van der Waals surface area contributed by atoms with Gasteiger partial charge in [-0.15, -0.1) is 0 Å². The summed E-state index contributed by atoms with van der Waals surface area (Å²) in [7, 11) is 1.72. The fourth-order valence-electron chi connectivity index (χ4n) is 4.53. The van der Waals surface area contributed by atoms with E-state index in [1.54, 1.807) is 13.3 Å². The van der Waals surface area contributed by atoms with Crippen LogP contribution in [0.4, 0.5) is 5.69 Å². The Bertz CT molecular complexity index is 981. The second kappa shape index (κ2) is 5.78. The van der Waals surface area contributed by atoms with Crippen molar-refractivity contribution in [2.24, 2.45) is 5.92 Å². The van der Waals surface area contributed by atoms with E-state index >= 15 is 0 Å². The minimum Gasteiger partial charge on any atom is -0.496 e. The van der Waals surface area contributed by atoms with E-state index < -0.39 is 0 Å². The number of hydrogen-bond donors (Lipinski definition) is 1. The van der Waals surface area contributed by atoms with E-state index in [2.05, 4.69) is 42.5 Å². The Morgan fingerprint density at radius 1 is 1.22 bits per heavy atom. The Labute approximate surface area is 158 Å². The average Bonchev–Trinajstić information content (AvgIpc) is 3.22. The molecule has 2 aromatic carbocycles. The molecule has 2 aliphatic rings. The second-order valence-corrected chi connectivity index (χ2v) is 7.81. The number of benzene rings is 2. The lowest BCUT2D eigenvalue weighted by Crippen LogP contribution is -2.46. The Balaban J connectivity index is 1.64. The smallest absolute Gasteiger partial charge is 0.128 e. The van der Waals surface area contributed by atoms with Crippen LogP contribution in [-0.4, -0.2) is 23.5 Å². The summed E-state index contributed by atoms with van der Waals surface area (Å²) in [5.74, 6) is 2.08. The van der Waals surface area contributed by atoms with Crippen molar-refractivity contribution in [3.8, 4) is 17.2 Å². The summed E-state index contributed by atoms with van der Waals surface area (Å²) in [4.78, 5) is 0. The summed E-state index contributed by atoms with van der Waals surface area (Å²) >= 11 is 0. The third-order valence-electron chi connectivity index (χ3n) is 6.08. The zero-order valence-corrected chi connectivity index (χ0v) is 15.8. The van der Waals surface area contributed by atoms with Crippen LogP contribution < -0.4 is 14.8 Å². The van der Waals surface area contributed by atoms with Gasteiger partial charge in [-0.05, 0) is 42.0 Å². The number of aromatic nitrogens is 2. The highest BCUT2D eigenvalue weighted by Gasteiger charge is 2.47. The first-order chi connectivity index (χ1) is 13.1. The van der Waals surface area contributed by atoms with Gasteiger partial charge in [-0.25, -0.2) is 4.68 Å². The molecule has 3 heterocycles. The molecule has 27 heavy (non-hydrogen) atoms. The van der Waals surface area contributed by atoms with Crippen LogP contribution in [0.25, 0.3) is 5.69 Å². The predicted molar refractivity (Wildman–Crippen MR) is 105 cm³/mol. The first kappa shape index (κ1) is 16.2. The molecule has 2 aliphatic heterocycles. The first-order valence-electron chi connectivity index (χ1n) is 9.30. The van der Waals surface area contributed by atoms with Crippen molar-refractivity contribution >= 4 is 5.69 Å². The molecule has 2 atom stereocenters. The van der Waals surface area contributed by atoms with Gasteiger partial charge in [-0.2, -0.15) is 5.10 Å². The fourth-order valence-corrected chi connectivity index (χ4v) is 4.53. The molecule has 5 heteroatoms. The first-order valence-corrected chi connectivity index (χ1v) is 9.30. The summed E-state index contributed by atoms with van der Waals surface area (Å²) in [6.07, 6.45) is 3.77. The molecule has 0 unspecified atom stereocenters. The van der Waals surface area contributed by atoms with Gasteiger partial charge in [0.2, 0.25) is 0 Å². The molecule has 5 nitrogen and oxygen atoms in total. The van der Waals surface area contributed by atoms with Crippen molar-refractivity contribution in [3.63, 3.8) is 0 Å². The highest BCUT2D eigenvalue weighted by atomic mass is 16.5. The second-order valence-electron chi connectivity index (χ2n) is 7.81. The van der Waals surface area contributed by atoms with Gasteiger partial charge >= 0.3 is 0 Å². The third kappa shape index (κ3) is 2.34. The molecule has 0 aliphatic carbocycles. The molecule has 3 aromatic rings. The highest BCUT2D eigenvalue weighted by Crippen LogP contribution is 2.54. The van der Waals surface area contributed by atoms with Crippen molar-refractivity contribution < 1.29 is 9.47 Å². The topological polar surface area (TPSA) is 48.3 Å². The van der Waals surface area contributed by atoms with E-state index in [0.29, 0.717) is 12.5 Å². The van der Waals surface area contributed by atoms with Crippen molar-refractivity contribution in [1.29, 1.82) is 0 Å². The van der Waals surface area contributed by atoms with Gasteiger partial charge in [0.1, 0.15) is 11.5 Å². The summed E-state index contributed by atoms with van der Waals surface area (Å²) in [6, 6.07) is 14.6. The Kier molecular flexibility index (Phi) is 3.47. The van der Waals surface area contributed by atoms with Crippen molar-refractivity contribution in [3.05, 3.63) is 66.0 Å². The van der Waals surface area contributed by atoms with Gasteiger partial charge in [0.05, 0.1) is 31.0 Å². The number of rotatable bonds is 2. The minimum absolute atomic E-state index is 0.0625. The quantitative estimate of drug-likeness (QED) is 0.738. The van der Waals surface area contributed by atoms with Crippen molar-refractivity contribution in [2.75, 3.05) is 19.0 Å². The maximum absolute atomic E-state index is 6.15. The van der Waals surface area contributed by atoms with Gasteiger partial charge < -0.3 is 14.8 Å². The maximum atomic E-state index is 6.15. The Morgan fingerprint density at radius 3 is 2.89 bits per heavy atom. The van der Waals surface area contributed by atoms with Crippen LogP contribution in [0.15, 0.2) is 54.9 Å². The third-order valence-corrected chi connectivity index (χ3v) is 6.08.